The van der Waals surface area contributed by atoms with E-state index in [1.165, 1.54) is 41.1 Å². The highest BCUT2D eigenvalue weighted by atomic mass is 35.5. The van der Waals surface area contributed by atoms with Crippen LogP contribution in [0, 0.1) is 5.82 Å². The third kappa shape index (κ3) is 6.09. The fourth-order valence-electron chi connectivity index (χ4n) is 4.70. The van der Waals surface area contributed by atoms with Gasteiger partial charge in [-0.3, -0.25) is 19.7 Å². The minimum absolute atomic E-state index is 0.0603. The first-order valence-corrected chi connectivity index (χ1v) is 13.7. The minimum Gasteiger partial charge on any atom is -0.476 e. The van der Waals surface area contributed by atoms with Crippen LogP contribution >= 0.6 is 11.6 Å². The lowest BCUT2D eigenvalue weighted by Gasteiger charge is -2.18. The number of carboxylic acid groups (broad SMARTS) is 1. The van der Waals surface area contributed by atoms with Gasteiger partial charge >= 0.3 is 12.1 Å². The molecule has 226 valence electrons. The van der Waals surface area contributed by atoms with Crippen LogP contribution in [0.25, 0.3) is 27.9 Å². The van der Waals surface area contributed by atoms with Gasteiger partial charge in [0.05, 0.1) is 36.1 Å². The van der Waals surface area contributed by atoms with E-state index in [9.17, 15) is 14.7 Å². The highest BCUT2D eigenvalue weighted by molar-refractivity contribution is 6.31. The Kier molecular flexibility index (Phi) is 7.99. The van der Waals surface area contributed by atoms with Crippen LogP contribution in [0.2, 0.25) is 5.02 Å². The number of hydrogen-bond acceptors (Lipinski definition) is 8. The van der Waals surface area contributed by atoms with E-state index in [0.29, 0.717) is 22.6 Å². The van der Waals surface area contributed by atoms with Gasteiger partial charge in [-0.25, -0.2) is 14.0 Å². The molecule has 4 aromatic heterocycles. The predicted octanol–water partition coefficient (Wildman–Crippen LogP) is 4.16. The molecule has 1 unspecified atom stereocenters. The summed E-state index contributed by atoms with van der Waals surface area (Å²) >= 11 is 6.13. The Morgan fingerprint density at radius 1 is 1.09 bits per heavy atom. The first-order chi connectivity index (χ1) is 21.8. The van der Waals surface area contributed by atoms with E-state index in [-0.39, 0.29) is 22.8 Å². The van der Waals surface area contributed by atoms with Crippen molar-refractivity contribution in [3.63, 3.8) is 0 Å². The number of nitrogens with zero attached hydrogens (tertiary/aromatic N) is 8. The van der Waals surface area contributed by atoms with Crippen LogP contribution in [0.15, 0.2) is 85.7 Å². The average molecular weight is 630 g/mol. The molecule has 0 spiro atoms. The highest BCUT2D eigenvalue weighted by Gasteiger charge is 2.23. The van der Waals surface area contributed by atoms with Gasteiger partial charge in [-0.15, -0.1) is 4.68 Å². The van der Waals surface area contributed by atoms with Crippen molar-refractivity contribution in [2.45, 2.75) is 12.6 Å². The van der Waals surface area contributed by atoms with Crippen molar-refractivity contribution in [1.29, 1.82) is 0 Å². The maximum absolute atomic E-state index is 15.4. The van der Waals surface area contributed by atoms with Gasteiger partial charge < -0.3 is 9.84 Å². The molecule has 0 saturated heterocycles. The summed E-state index contributed by atoms with van der Waals surface area (Å²) in [6.07, 6.45) is 7.41. The number of carbonyl (C=O) groups excluding carboxylic acids is 1. The average Bonchev–Trinajstić information content (AvgIpc) is 3.85. The normalized spacial score (nSPS) is 11.7. The fourth-order valence-corrected chi connectivity index (χ4v) is 4.86. The van der Waals surface area contributed by atoms with Crippen molar-refractivity contribution in [2.24, 2.45) is 0 Å². The van der Waals surface area contributed by atoms with Crippen LogP contribution in [-0.2, 0) is 11.3 Å². The molecule has 3 N–H and O–H groups in total. The summed E-state index contributed by atoms with van der Waals surface area (Å²) in [7, 11) is 1.29. The molecule has 0 saturated carbocycles. The first-order valence-electron chi connectivity index (χ1n) is 13.3. The molecule has 14 nitrogen and oxygen atoms in total. The number of hydrogen-bond donors (Lipinski definition) is 3. The van der Waals surface area contributed by atoms with Gasteiger partial charge in [0.25, 0.3) is 6.33 Å². The van der Waals surface area contributed by atoms with Crippen LogP contribution in [-0.4, -0.2) is 64.3 Å². The molecule has 45 heavy (non-hydrogen) atoms. The lowest BCUT2D eigenvalue weighted by Crippen LogP contribution is -2.33. The number of anilines is 1. The van der Waals surface area contributed by atoms with E-state index in [4.69, 9.17) is 11.6 Å². The second kappa shape index (κ2) is 12.3. The van der Waals surface area contributed by atoms with E-state index in [1.54, 1.807) is 47.4 Å². The molecule has 0 aliphatic heterocycles. The number of nitrogens with one attached hydrogen (secondary N) is 2. The molecule has 6 rings (SSSR count). The van der Waals surface area contributed by atoms with E-state index < -0.39 is 23.9 Å². The number of aromatic nitrogens is 9. The van der Waals surface area contributed by atoms with Gasteiger partial charge in [0, 0.05) is 35.4 Å². The number of tetrazole rings is 1. The summed E-state index contributed by atoms with van der Waals surface area (Å²) in [5, 5.41) is 30.8. The number of aromatic carboxylic acids is 1. The lowest BCUT2D eigenvalue weighted by atomic mass is 10.0. The Labute approximate surface area is 258 Å². The Hall–Kier alpha value is -5.96. The zero-order valence-corrected chi connectivity index (χ0v) is 24.1. The minimum atomic E-state index is -1.15. The third-order valence-corrected chi connectivity index (χ3v) is 7.21. The molecule has 4 heterocycles. The van der Waals surface area contributed by atoms with Crippen molar-refractivity contribution in [2.75, 3.05) is 12.4 Å². The zero-order valence-electron chi connectivity index (χ0n) is 23.4. The smallest absolute Gasteiger partial charge is 0.411 e. The van der Waals surface area contributed by atoms with E-state index >= 15 is 4.39 Å². The second-order valence-corrected chi connectivity index (χ2v) is 10.1. The largest absolute Gasteiger partial charge is 0.476 e. The van der Waals surface area contributed by atoms with E-state index in [2.05, 4.69) is 40.8 Å². The summed E-state index contributed by atoms with van der Waals surface area (Å²) in [4.78, 5) is 27.6. The Morgan fingerprint density at radius 3 is 2.56 bits per heavy atom. The number of pyridine rings is 1. The third-order valence-electron chi connectivity index (χ3n) is 6.92. The monoisotopic (exact) mass is 629 g/mol. The molecule has 0 aliphatic carbocycles. The fraction of sp³-hybridized carbons (Fsp3) is 0.103. The molecule has 0 radical (unpaired) electrons. The molecule has 0 aliphatic rings. The first kappa shape index (κ1) is 29.1. The van der Waals surface area contributed by atoms with Gasteiger partial charge in [0.15, 0.2) is 16.7 Å². The van der Waals surface area contributed by atoms with Crippen LogP contribution < -0.4 is 10.00 Å². The van der Waals surface area contributed by atoms with Gasteiger partial charge in [-0.1, -0.05) is 35.0 Å². The number of carbonyl (C=O) groups is 2. The van der Waals surface area contributed by atoms with Gasteiger partial charge in [-0.2, -0.15) is 10.2 Å². The number of rotatable bonds is 9. The summed E-state index contributed by atoms with van der Waals surface area (Å²) < 4.78 is 24.6. The van der Waals surface area contributed by atoms with Crippen molar-refractivity contribution in [1.82, 2.24) is 40.1 Å². The molecule has 16 heteroatoms. The van der Waals surface area contributed by atoms with Gasteiger partial charge in [-0.05, 0) is 42.0 Å². The van der Waals surface area contributed by atoms with Gasteiger partial charge in [0.2, 0.25) is 0 Å². The molecule has 0 fully saturated rings. The van der Waals surface area contributed by atoms with Crippen LogP contribution in [0.1, 0.15) is 22.2 Å². The van der Waals surface area contributed by atoms with Gasteiger partial charge in [0.1, 0.15) is 16.8 Å². The number of H-pyrrole nitrogens is 1. The number of methoxy groups -OCH3 is 1. The standard InChI is InChI=1S/C29H22ClFN10O4/c1-45-29(44)35-20-5-2-17(3-6-20)19-13-34-40(14-19)25(15-39-11-10-23(36-39)28(42)43)22-8-4-18(12-32-22)26-24(41-16-33-37-38-41)9-7-21(30)27(26)31/h2-14,16,25H,15H2,1H3,(H2,35,42,43,44)/p+1. The molecule has 1 amide bonds. The Bertz CT molecular complexity index is 1980. The second-order valence-electron chi connectivity index (χ2n) is 9.68. The van der Waals surface area contributed by atoms with Crippen molar-refractivity contribution >= 4 is 29.4 Å². The topological polar surface area (TPSA) is 170 Å². The summed E-state index contributed by atoms with van der Waals surface area (Å²) in [5.74, 6) is -1.78. The van der Waals surface area contributed by atoms with Crippen molar-refractivity contribution in [3.05, 3.63) is 108 Å². The Balaban J connectivity index is 1.35. The molecular weight excluding hydrogens is 607 g/mol. The summed E-state index contributed by atoms with van der Waals surface area (Å²) in [5.41, 5.74) is 3.70. The molecule has 0 bridgehead atoms. The lowest BCUT2D eigenvalue weighted by molar-refractivity contribution is -0.659. The molecular formula is C29H23ClFN10O4+. The number of aromatic amines is 1. The van der Waals surface area contributed by atoms with E-state index in [1.807, 2.05) is 18.3 Å². The molecule has 6 aromatic rings. The summed E-state index contributed by atoms with van der Waals surface area (Å²) in [6.45, 7) is 0.190. The number of benzene rings is 2. The number of carboxylic acids is 1. The number of amides is 1. The molecule has 1 atom stereocenters. The molecule has 2 aromatic carbocycles. The van der Waals surface area contributed by atoms with Crippen LogP contribution in [0.5, 0.6) is 0 Å². The maximum Gasteiger partial charge on any atom is 0.411 e. The SMILES string of the molecule is COC(=O)Nc1ccc(-c2cnn(C(Cn3ccc(C(=O)O)n3)c3ccc(-c4c(-[n+]5cnn[nH]5)ccc(Cl)c4F)cn3)c2)cc1. The van der Waals surface area contributed by atoms with E-state index in [0.717, 1.165) is 11.1 Å². The van der Waals surface area contributed by atoms with Crippen LogP contribution in [0.4, 0.5) is 14.9 Å². The predicted molar refractivity (Wildman–Crippen MR) is 157 cm³/mol. The number of halogens is 2. The Morgan fingerprint density at radius 2 is 1.89 bits per heavy atom. The zero-order chi connectivity index (χ0) is 31.5. The van der Waals surface area contributed by atoms with Crippen molar-refractivity contribution < 1.29 is 28.5 Å². The highest BCUT2D eigenvalue weighted by Crippen LogP contribution is 2.32. The van der Waals surface area contributed by atoms with Crippen molar-refractivity contribution in [3.8, 4) is 27.9 Å². The number of ether oxygens (including phenoxy) is 1. The quantitative estimate of drug-likeness (QED) is 0.199. The van der Waals surface area contributed by atoms with Crippen LogP contribution in [0.3, 0.4) is 0 Å². The maximum atomic E-state index is 15.4. The summed E-state index contributed by atoms with van der Waals surface area (Å²) in [6, 6.07) is 14.5.